The largest absolute Gasteiger partial charge is 0.444 e. The second-order valence-corrected chi connectivity index (χ2v) is 8.24. The van der Waals surface area contributed by atoms with Crippen LogP contribution in [0.25, 0.3) is 11.0 Å². The Morgan fingerprint density at radius 1 is 1.28 bits per heavy atom. The first-order valence-electron chi connectivity index (χ1n) is 9.11. The van der Waals surface area contributed by atoms with Crippen LogP contribution in [0.1, 0.15) is 26.8 Å². The highest BCUT2D eigenvalue weighted by Gasteiger charge is 2.37. The van der Waals surface area contributed by atoms with Crippen molar-refractivity contribution in [1.29, 1.82) is 0 Å². The second kappa shape index (κ2) is 7.07. The van der Waals surface area contributed by atoms with Crippen molar-refractivity contribution in [2.75, 3.05) is 18.8 Å². The van der Waals surface area contributed by atoms with Gasteiger partial charge in [0.1, 0.15) is 28.9 Å². The maximum atomic E-state index is 12.2. The zero-order chi connectivity index (χ0) is 20.8. The summed E-state index contributed by atoms with van der Waals surface area (Å²) in [5, 5.41) is 5.62. The minimum atomic E-state index is -0.541. The molecular weight excluding hydrogens is 396 g/mol. The van der Waals surface area contributed by atoms with E-state index >= 15 is 0 Å². The van der Waals surface area contributed by atoms with Crippen LogP contribution in [0.3, 0.4) is 0 Å². The van der Waals surface area contributed by atoms with Crippen LogP contribution in [0.5, 0.6) is 11.6 Å². The summed E-state index contributed by atoms with van der Waals surface area (Å²) in [6.07, 6.45) is 1.03. The van der Waals surface area contributed by atoms with Crippen molar-refractivity contribution in [3.63, 3.8) is 0 Å². The van der Waals surface area contributed by atoms with Gasteiger partial charge in [-0.15, -0.1) is 5.10 Å². The maximum Gasteiger partial charge on any atom is 0.410 e. The molecule has 10 heteroatoms. The number of nitrogens with zero attached hydrogens (tertiary/aromatic N) is 5. The number of ether oxygens (including phenoxy) is 2. The molecule has 1 aliphatic heterocycles. The average molecular weight is 417 g/mol. The van der Waals surface area contributed by atoms with Crippen molar-refractivity contribution in [3.8, 4) is 11.6 Å². The van der Waals surface area contributed by atoms with Gasteiger partial charge < -0.3 is 20.1 Å². The molecule has 1 fully saturated rings. The van der Waals surface area contributed by atoms with E-state index in [0.717, 1.165) is 0 Å². The van der Waals surface area contributed by atoms with Gasteiger partial charge in [0.05, 0.1) is 6.04 Å². The first-order valence-corrected chi connectivity index (χ1v) is 9.49. The van der Waals surface area contributed by atoms with E-state index in [1.54, 1.807) is 33.8 Å². The Labute approximate surface area is 172 Å². The van der Waals surface area contributed by atoms with Gasteiger partial charge in [-0.05, 0) is 39.0 Å². The number of amides is 1. The molecule has 3 heterocycles. The summed E-state index contributed by atoms with van der Waals surface area (Å²) >= 11 is 6.03. The molecule has 29 heavy (non-hydrogen) atoms. The minimum absolute atomic E-state index is 0.0731. The van der Waals surface area contributed by atoms with Crippen LogP contribution in [0.15, 0.2) is 30.6 Å². The number of fused-ring (bicyclic) bond motifs is 1. The number of rotatable bonds is 3. The van der Waals surface area contributed by atoms with E-state index < -0.39 is 5.60 Å². The van der Waals surface area contributed by atoms with E-state index in [0.29, 0.717) is 34.9 Å². The van der Waals surface area contributed by atoms with E-state index in [4.69, 9.17) is 26.8 Å². The van der Waals surface area contributed by atoms with E-state index in [2.05, 4.69) is 15.1 Å². The molecule has 152 valence electrons. The molecule has 1 amide bonds. The molecule has 0 atom stereocenters. The number of likely N-dealkylation sites (tertiary alicyclic amines) is 1. The van der Waals surface area contributed by atoms with Crippen LogP contribution in [0.4, 0.5) is 10.6 Å². The topological polar surface area (TPSA) is 108 Å². The fourth-order valence-electron chi connectivity index (χ4n) is 3.02. The molecule has 0 bridgehead atoms. The maximum absolute atomic E-state index is 12.2. The summed E-state index contributed by atoms with van der Waals surface area (Å²) in [5.74, 6) is 1.08. The molecule has 3 aromatic rings. The van der Waals surface area contributed by atoms with E-state index in [-0.39, 0.29) is 23.8 Å². The number of benzene rings is 1. The lowest BCUT2D eigenvalue weighted by Gasteiger charge is -2.39. The molecule has 9 nitrogen and oxygen atoms in total. The second-order valence-electron chi connectivity index (χ2n) is 7.81. The number of hydrogen-bond donors (Lipinski definition) is 1. The molecule has 1 aromatic carbocycles. The van der Waals surface area contributed by atoms with Gasteiger partial charge in [0.15, 0.2) is 5.65 Å². The van der Waals surface area contributed by atoms with Crippen molar-refractivity contribution in [3.05, 3.63) is 35.6 Å². The predicted octanol–water partition coefficient (Wildman–Crippen LogP) is 3.65. The Balaban J connectivity index is 1.60. The lowest BCUT2D eigenvalue weighted by atomic mass is 10.1. The fourth-order valence-corrected chi connectivity index (χ4v) is 3.20. The molecular formula is C19H21ClN6O3. The minimum Gasteiger partial charge on any atom is -0.444 e. The zero-order valence-electron chi connectivity index (χ0n) is 16.3. The standard InChI is InChI=1S/C19H21ClN6O3/c1-19(2,3)29-18(27)25-8-12(9-25)26-16-14(15(21)22-10-23-16)17(24-26)28-13-6-4-5-11(20)7-13/h4-7,10,12H,8-9H2,1-3H3,(H2,21,22,23). The molecule has 0 radical (unpaired) electrons. The summed E-state index contributed by atoms with van der Waals surface area (Å²) in [5.41, 5.74) is 6.07. The monoisotopic (exact) mass is 416 g/mol. The van der Waals surface area contributed by atoms with Crippen molar-refractivity contribution in [2.24, 2.45) is 0 Å². The Morgan fingerprint density at radius 2 is 2.03 bits per heavy atom. The smallest absolute Gasteiger partial charge is 0.410 e. The van der Waals surface area contributed by atoms with Crippen molar-refractivity contribution >= 4 is 34.5 Å². The van der Waals surface area contributed by atoms with Gasteiger partial charge in [-0.25, -0.2) is 19.4 Å². The Morgan fingerprint density at radius 3 is 2.72 bits per heavy atom. The summed E-state index contributed by atoms with van der Waals surface area (Å²) in [7, 11) is 0. The molecule has 0 saturated carbocycles. The quantitative estimate of drug-likeness (QED) is 0.694. The first-order chi connectivity index (χ1) is 13.7. The van der Waals surface area contributed by atoms with Crippen LogP contribution < -0.4 is 10.5 Å². The number of carbonyl (C=O) groups is 1. The fraction of sp³-hybridized carbons (Fsp3) is 0.368. The molecule has 1 saturated heterocycles. The molecule has 0 unspecified atom stereocenters. The molecule has 1 aliphatic rings. The Hall–Kier alpha value is -3.07. The Kier molecular flexibility index (Phi) is 4.70. The van der Waals surface area contributed by atoms with E-state index in [9.17, 15) is 4.79 Å². The Bertz CT molecular complexity index is 1070. The molecule has 2 aromatic heterocycles. The summed E-state index contributed by atoms with van der Waals surface area (Å²) < 4.78 is 13.0. The van der Waals surface area contributed by atoms with Crippen LogP contribution >= 0.6 is 11.6 Å². The SMILES string of the molecule is CC(C)(C)OC(=O)N1CC(n2nc(Oc3cccc(Cl)c3)c3c(N)ncnc32)C1. The number of nitrogens with two attached hydrogens (primary N) is 1. The number of nitrogen functional groups attached to an aromatic ring is 1. The van der Waals surface area contributed by atoms with Crippen LogP contribution in [-0.2, 0) is 4.74 Å². The number of carbonyl (C=O) groups excluding carboxylic acids is 1. The van der Waals surface area contributed by atoms with Crippen molar-refractivity contribution in [2.45, 2.75) is 32.4 Å². The van der Waals surface area contributed by atoms with Gasteiger partial charge in [-0.3, -0.25) is 0 Å². The third kappa shape index (κ3) is 3.91. The lowest BCUT2D eigenvalue weighted by Crippen LogP contribution is -2.52. The van der Waals surface area contributed by atoms with E-state index in [1.165, 1.54) is 6.33 Å². The van der Waals surface area contributed by atoms with Crippen LogP contribution in [-0.4, -0.2) is 49.4 Å². The highest BCUT2D eigenvalue weighted by molar-refractivity contribution is 6.30. The zero-order valence-corrected chi connectivity index (χ0v) is 17.1. The van der Waals surface area contributed by atoms with Gasteiger partial charge in [0.25, 0.3) is 5.88 Å². The van der Waals surface area contributed by atoms with Crippen molar-refractivity contribution < 1.29 is 14.3 Å². The summed E-state index contributed by atoms with van der Waals surface area (Å²) in [6, 6.07) is 6.91. The average Bonchev–Trinajstić information content (AvgIpc) is 2.91. The summed E-state index contributed by atoms with van der Waals surface area (Å²) in [6.45, 7) is 6.41. The highest BCUT2D eigenvalue weighted by Crippen LogP contribution is 2.35. The predicted molar refractivity (Wildman–Crippen MR) is 108 cm³/mol. The number of anilines is 1. The normalized spacial score (nSPS) is 14.7. The van der Waals surface area contributed by atoms with Crippen molar-refractivity contribution in [1.82, 2.24) is 24.6 Å². The molecule has 2 N–H and O–H groups in total. The highest BCUT2D eigenvalue weighted by atomic mass is 35.5. The van der Waals surface area contributed by atoms with Crippen LogP contribution in [0, 0.1) is 0 Å². The number of halogens is 1. The van der Waals surface area contributed by atoms with Gasteiger partial charge in [-0.1, -0.05) is 17.7 Å². The third-order valence-corrected chi connectivity index (χ3v) is 4.59. The van der Waals surface area contributed by atoms with Gasteiger partial charge >= 0.3 is 6.09 Å². The van der Waals surface area contributed by atoms with Crippen LogP contribution in [0.2, 0.25) is 5.02 Å². The number of hydrogen-bond acceptors (Lipinski definition) is 7. The van der Waals surface area contributed by atoms with E-state index in [1.807, 2.05) is 20.8 Å². The third-order valence-electron chi connectivity index (χ3n) is 4.36. The lowest BCUT2D eigenvalue weighted by molar-refractivity contribution is 0.0000116. The molecule has 0 spiro atoms. The number of aromatic nitrogens is 4. The summed E-state index contributed by atoms with van der Waals surface area (Å²) in [4.78, 5) is 22.2. The van der Waals surface area contributed by atoms with Gasteiger partial charge in [0.2, 0.25) is 0 Å². The molecule has 4 rings (SSSR count). The first kappa shape index (κ1) is 19.3. The van der Waals surface area contributed by atoms with Gasteiger partial charge in [0, 0.05) is 18.1 Å². The van der Waals surface area contributed by atoms with Gasteiger partial charge in [-0.2, -0.15) is 0 Å². The molecule has 0 aliphatic carbocycles.